The maximum absolute atomic E-state index is 5.64. The van der Waals surface area contributed by atoms with Crippen LogP contribution >= 0.6 is 0 Å². The largest absolute Gasteiger partial charge is 0.381 e. The predicted molar refractivity (Wildman–Crippen MR) is 69.7 cm³/mol. The molecular weight excluding hydrogens is 198 g/mol. The SMILES string of the molecule is CCCNC(C(CC)CC)C1CCCOC1. The molecule has 0 aromatic heterocycles. The lowest BCUT2D eigenvalue weighted by atomic mass is 9.82. The Balaban J connectivity index is 2.52. The first-order chi connectivity index (χ1) is 7.83. The summed E-state index contributed by atoms with van der Waals surface area (Å²) in [6.07, 6.45) is 6.39. The molecule has 1 aliphatic rings. The predicted octanol–water partition coefficient (Wildman–Crippen LogP) is 3.22. The van der Waals surface area contributed by atoms with Gasteiger partial charge in [0.15, 0.2) is 0 Å². The quantitative estimate of drug-likeness (QED) is 0.721. The second-order valence-electron chi connectivity index (χ2n) is 5.03. The van der Waals surface area contributed by atoms with Gasteiger partial charge in [-0.05, 0) is 37.6 Å². The van der Waals surface area contributed by atoms with E-state index in [4.69, 9.17) is 4.74 Å². The molecule has 2 heteroatoms. The fourth-order valence-electron chi connectivity index (χ4n) is 2.87. The van der Waals surface area contributed by atoms with Crippen molar-refractivity contribution in [1.82, 2.24) is 5.32 Å². The lowest BCUT2D eigenvalue weighted by Crippen LogP contribution is -2.45. The Morgan fingerprint density at radius 3 is 2.50 bits per heavy atom. The van der Waals surface area contributed by atoms with Gasteiger partial charge in [0.1, 0.15) is 0 Å². The smallest absolute Gasteiger partial charge is 0.0509 e. The van der Waals surface area contributed by atoms with Gasteiger partial charge in [0.2, 0.25) is 0 Å². The Morgan fingerprint density at radius 2 is 2.00 bits per heavy atom. The van der Waals surface area contributed by atoms with Gasteiger partial charge in [0.05, 0.1) is 6.61 Å². The summed E-state index contributed by atoms with van der Waals surface area (Å²) in [7, 11) is 0. The molecule has 0 aromatic carbocycles. The van der Waals surface area contributed by atoms with Crippen LogP contribution in [0.4, 0.5) is 0 Å². The van der Waals surface area contributed by atoms with Crippen molar-refractivity contribution >= 4 is 0 Å². The molecule has 16 heavy (non-hydrogen) atoms. The van der Waals surface area contributed by atoms with E-state index < -0.39 is 0 Å². The minimum atomic E-state index is 0.676. The summed E-state index contributed by atoms with van der Waals surface area (Å²) in [5.74, 6) is 1.56. The maximum Gasteiger partial charge on any atom is 0.0509 e. The highest BCUT2D eigenvalue weighted by Crippen LogP contribution is 2.26. The van der Waals surface area contributed by atoms with Crippen molar-refractivity contribution in [2.45, 2.75) is 58.9 Å². The van der Waals surface area contributed by atoms with Gasteiger partial charge >= 0.3 is 0 Å². The van der Waals surface area contributed by atoms with E-state index in [9.17, 15) is 0 Å². The van der Waals surface area contributed by atoms with Gasteiger partial charge in [-0.2, -0.15) is 0 Å². The summed E-state index contributed by atoms with van der Waals surface area (Å²) in [5.41, 5.74) is 0. The molecule has 1 fully saturated rings. The van der Waals surface area contributed by atoms with E-state index in [-0.39, 0.29) is 0 Å². The summed E-state index contributed by atoms with van der Waals surface area (Å²) in [4.78, 5) is 0. The van der Waals surface area contributed by atoms with Crippen LogP contribution in [0.5, 0.6) is 0 Å². The van der Waals surface area contributed by atoms with Crippen molar-refractivity contribution in [2.75, 3.05) is 19.8 Å². The molecule has 1 aliphatic heterocycles. The van der Waals surface area contributed by atoms with Gasteiger partial charge in [-0.1, -0.05) is 33.6 Å². The Kier molecular flexibility index (Phi) is 7.06. The van der Waals surface area contributed by atoms with Gasteiger partial charge in [-0.3, -0.25) is 0 Å². The Morgan fingerprint density at radius 1 is 1.25 bits per heavy atom. The first kappa shape index (κ1) is 14.0. The summed E-state index contributed by atoms with van der Waals surface area (Å²) in [6.45, 7) is 9.97. The number of hydrogen-bond acceptors (Lipinski definition) is 2. The number of nitrogens with one attached hydrogen (secondary N) is 1. The van der Waals surface area contributed by atoms with Crippen molar-refractivity contribution in [2.24, 2.45) is 11.8 Å². The number of ether oxygens (including phenoxy) is 1. The van der Waals surface area contributed by atoms with Crippen LogP contribution in [-0.4, -0.2) is 25.8 Å². The van der Waals surface area contributed by atoms with Gasteiger partial charge in [0.25, 0.3) is 0 Å². The molecule has 1 N–H and O–H groups in total. The molecule has 96 valence electrons. The molecule has 2 nitrogen and oxygen atoms in total. The van der Waals surface area contributed by atoms with Gasteiger partial charge in [-0.15, -0.1) is 0 Å². The van der Waals surface area contributed by atoms with Crippen LogP contribution in [0.15, 0.2) is 0 Å². The summed E-state index contributed by atoms with van der Waals surface area (Å²) >= 11 is 0. The zero-order valence-electron chi connectivity index (χ0n) is 11.3. The molecule has 0 aromatic rings. The van der Waals surface area contributed by atoms with Crippen LogP contribution in [0.1, 0.15) is 52.9 Å². The van der Waals surface area contributed by atoms with Crippen LogP contribution in [0.2, 0.25) is 0 Å². The molecule has 0 aliphatic carbocycles. The molecule has 0 spiro atoms. The second kappa shape index (κ2) is 8.08. The normalized spacial score (nSPS) is 23.6. The molecule has 1 rings (SSSR count). The Labute approximate surface area is 101 Å². The fourth-order valence-corrected chi connectivity index (χ4v) is 2.87. The van der Waals surface area contributed by atoms with Crippen molar-refractivity contribution in [1.29, 1.82) is 0 Å². The standard InChI is InChI=1S/C14H29NO/c1-4-9-15-14(12(5-2)6-3)13-8-7-10-16-11-13/h12-15H,4-11H2,1-3H3. The third-order valence-electron chi connectivity index (χ3n) is 3.89. The van der Waals surface area contributed by atoms with E-state index in [1.54, 1.807) is 0 Å². The van der Waals surface area contributed by atoms with E-state index in [0.29, 0.717) is 6.04 Å². The van der Waals surface area contributed by atoms with E-state index >= 15 is 0 Å². The Hall–Kier alpha value is -0.0800. The molecule has 2 unspecified atom stereocenters. The first-order valence-electron chi connectivity index (χ1n) is 7.14. The average Bonchev–Trinajstić information content (AvgIpc) is 2.35. The summed E-state index contributed by atoms with van der Waals surface area (Å²) in [6, 6.07) is 0.676. The van der Waals surface area contributed by atoms with Crippen LogP contribution in [0, 0.1) is 11.8 Å². The third kappa shape index (κ3) is 4.06. The zero-order valence-corrected chi connectivity index (χ0v) is 11.3. The lowest BCUT2D eigenvalue weighted by molar-refractivity contribution is 0.0277. The Bertz CT molecular complexity index is 162. The molecule has 0 bridgehead atoms. The monoisotopic (exact) mass is 227 g/mol. The molecule has 0 amide bonds. The van der Waals surface area contributed by atoms with E-state index in [2.05, 4.69) is 26.1 Å². The molecule has 1 saturated heterocycles. The maximum atomic E-state index is 5.64. The number of hydrogen-bond donors (Lipinski definition) is 1. The van der Waals surface area contributed by atoms with Crippen molar-refractivity contribution < 1.29 is 4.74 Å². The van der Waals surface area contributed by atoms with Crippen LogP contribution in [-0.2, 0) is 4.74 Å². The highest BCUT2D eigenvalue weighted by atomic mass is 16.5. The van der Waals surface area contributed by atoms with Gasteiger partial charge in [-0.25, -0.2) is 0 Å². The fraction of sp³-hybridized carbons (Fsp3) is 1.00. The molecular formula is C14H29NO. The third-order valence-corrected chi connectivity index (χ3v) is 3.89. The van der Waals surface area contributed by atoms with Crippen LogP contribution in [0.25, 0.3) is 0 Å². The zero-order chi connectivity index (χ0) is 11.8. The lowest BCUT2D eigenvalue weighted by Gasteiger charge is -2.36. The number of rotatable bonds is 7. The van der Waals surface area contributed by atoms with Crippen molar-refractivity contribution in [3.8, 4) is 0 Å². The van der Waals surface area contributed by atoms with Crippen LogP contribution < -0.4 is 5.32 Å². The second-order valence-corrected chi connectivity index (χ2v) is 5.03. The molecule has 1 heterocycles. The molecule has 0 radical (unpaired) electrons. The van der Waals surface area contributed by atoms with Crippen molar-refractivity contribution in [3.05, 3.63) is 0 Å². The van der Waals surface area contributed by atoms with Gasteiger partial charge < -0.3 is 10.1 Å². The van der Waals surface area contributed by atoms with Gasteiger partial charge in [0, 0.05) is 12.6 Å². The molecule has 2 atom stereocenters. The van der Waals surface area contributed by atoms with Crippen LogP contribution in [0.3, 0.4) is 0 Å². The van der Waals surface area contributed by atoms with E-state index in [1.165, 1.54) is 32.1 Å². The van der Waals surface area contributed by atoms with E-state index in [0.717, 1.165) is 31.6 Å². The minimum absolute atomic E-state index is 0.676. The van der Waals surface area contributed by atoms with E-state index in [1.807, 2.05) is 0 Å². The average molecular weight is 227 g/mol. The summed E-state index contributed by atoms with van der Waals surface area (Å²) < 4.78 is 5.64. The molecule has 0 saturated carbocycles. The summed E-state index contributed by atoms with van der Waals surface area (Å²) in [5, 5.41) is 3.76. The highest BCUT2D eigenvalue weighted by molar-refractivity contribution is 4.83. The topological polar surface area (TPSA) is 21.3 Å². The first-order valence-corrected chi connectivity index (χ1v) is 7.14. The minimum Gasteiger partial charge on any atom is -0.381 e. The highest BCUT2D eigenvalue weighted by Gasteiger charge is 2.28. The van der Waals surface area contributed by atoms with Crippen molar-refractivity contribution in [3.63, 3.8) is 0 Å².